The monoisotopic (exact) mass is 345 g/mol. The Bertz CT molecular complexity index is 782. The number of pyridine rings is 1. The summed E-state index contributed by atoms with van der Waals surface area (Å²) in [5.74, 6) is 0.792. The maximum atomic E-state index is 12.5. The van der Waals surface area contributed by atoms with E-state index in [0.717, 1.165) is 5.82 Å². The van der Waals surface area contributed by atoms with E-state index in [-0.39, 0.29) is 4.90 Å². The third kappa shape index (κ3) is 4.06. The molecule has 1 fully saturated rings. The first kappa shape index (κ1) is 16.8. The first-order valence-electron chi connectivity index (χ1n) is 8.36. The highest BCUT2D eigenvalue weighted by atomic mass is 32.2. The van der Waals surface area contributed by atoms with Gasteiger partial charge in [-0.25, -0.2) is 13.4 Å². The normalized spacial score (nSPS) is 15.9. The highest BCUT2D eigenvalue weighted by Gasteiger charge is 2.17. The Morgan fingerprint density at radius 1 is 1.04 bits per heavy atom. The van der Waals surface area contributed by atoms with Gasteiger partial charge in [-0.15, -0.1) is 0 Å². The second-order valence-corrected chi connectivity index (χ2v) is 7.93. The lowest BCUT2D eigenvalue weighted by Gasteiger charge is -2.23. The molecule has 24 heavy (non-hydrogen) atoms. The number of anilines is 2. The molecule has 1 saturated carbocycles. The molecule has 2 aromatic rings. The molecule has 2 N–H and O–H groups in total. The minimum absolute atomic E-state index is 0.286. The van der Waals surface area contributed by atoms with Crippen LogP contribution in [0.15, 0.2) is 47.5 Å². The van der Waals surface area contributed by atoms with Crippen LogP contribution >= 0.6 is 0 Å². The van der Waals surface area contributed by atoms with Crippen LogP contribution in [0.4, 0.5) is 11.5 Å². The topological polar surface area (TPSA) is 71.1 Å². The summed E-state index contributed by atoms with van der Waals surface area (Å²) in [4.78, 5) is 4.62. The molecular weight excluding hydrogens is 322 g/mol. The molecule has 0 aliphatic heterocycles. The summed E-state index contributed by atoms with van der Waals surface area (Å²) in [6, 6.07) is 11.0. The van der Waals surface area contributed by atoms with Gasteiger partial charge in [0.1, 0.15) is 5.82 Å². The Hall–Kier alpha value is -2.08. The Labute approximate surface area is 143 Å². The van der Waals surface area contributed by atoms with Crippen molar-refractivity contribution in [3.63, 3.8) is 0 Å². The Balaban J connectivity index is 1.68. The van der Waals surface area contributed by atoms with Gasteiger partial charge in [-0.2, -0.15) is 0 Å². The minimum Gasteiger partial charge on any atom is -0.367 e. The molecule has 1 heterocycles. The van der Waals surface area contributed by atoms with Crippen LogP contribution in [0.3, 0.4) is 0 Å². The maximum Gasteiger partial charge on any atom is 0.262 e. The fourth-order valence-corrected chi connectivity index (χ4v) is 4.35. The second kappa shape index (κ2) is 7.21. The van der Waals surface area contributed by atoms with Crippen LogP contribution in [0.1, 0.15) is 37.7 Å². The molecule has 0 atom stereocenters. The number of sulfonamides is 1. The minimum atomic E-state index is -3.59. The molecule has 0 saturated heterocycles. The standard InChI is InChI=1S/C18H23N3O2S/c1-14-7-5-6-10-17(14)24(22,23)21-16-11-12-18(19-13-16)20-15-8-3-2-4-9-15/h5-7,10-13,15,21H,2-4,8-9H2,1H3,(H,19,20). The quantitative estimate of drug-likeness (QED) is 0.861. The summed E-state index contributed by atoms with van der Waals surface area (Å²) in [7, 11) is -3.59. The number of nitrogens with one attached hydrogen (secondary N) is 2. The van der Waals surface area contributed by atoms with Crippen LogP contribution in [0.2, 0.25) is 0 Å². The average Bonchev–Trinajstić information content (AvgIpc) is 2.58. The lowest BCUT2D eigenvalue weighted by Crippen LogP contribution is -2.22. The van der Waals surface area contributed by atoms with E-state index in [9.17, 15) is 8.42 Å². The van der Waals surface area contributed by atoms with Crippen LogP contribution in [-0.4, -0.2) is 19.4 Å². The van der Waals surface area contributed by atoms with Gasteiger partial charge < -0.3 is 5.32 Å². The maximum absolute atomic E-state index is 12.5. The van der Waals surface area contributed by atoms with Crippen molar-refractivity contribution < 1.29 is 8.42 Å². The van der Waals surface area contributed by atoms with Gasteiger partial charge in [0.2, 0.25) is 0 Å². The zero-order valence-electron chi connectivity index (χ0n) is 13.8. The molecule has 1 aliphatic rings. The molecule has 0 unspecified atom stereocenters. The fourth-order valence-electron chi connectivity index (χ4n) is 3.06. The van der Waals surface area contributed by atoms with E-state index in [2.05, 4.69) is 15.0 Å². The van der Waals surface area contributed by atoms with Crippen LogP contribution in [0, 0.1) is 6.92 Å². The van der Waals surface area contributed by atoms with Crippen molar-refractivity contribution >= 4 is 21.5 Å². The number of benzene rings is 1. The van der Waals surface area contributed by atoms with Gasteiger partial charge in [0.15, 0.2) is 0 Å². The molecule has 3 rings (SSSR count). The lowest BCUT2D eigenvalue weighted by molar-refractivity contribution is 0.462. The van der Waals surface area contributed by atoms with Gasteiger partial charge in [-0.05, 0) is 43.5 Å². The van der Waals surface area contributed by atoms with Crippen LogP contribution in [0.25, 0.3) is 0 Å². The first-order valence-corrected chi connectivity index (χ1v) is 9.84. The van der Waals surface area contributed by atoms with Crippen molar-refractivity contribution in [2.45, 2.75) is 50.0 Å². The Morgan fingerprint density at radius 3 is 2.46 bits per heavy atom. The Kier molecular flexibility index (Phi) is 5.04. The molecule has 0 amide bonds. The third-order valence-corrected chi connectivity index (χ3v) is 5.90. The third-order valence-electron chi connectivity index (χ3n) is 4.36. The van der Waals surface area contributed by atoms with Crippen molar-refractivity contribution in [2.24, 2.45) is 0 Å². The number of hydrogen-bond acceptors (Lipinski definition) is 4. The summed E-state index contributed by atoms with van der Waals surface area (Å²) in [5.41, 5.74) is 1.18. The van der Waals surface area contributed by atoms with Gasteiger partial charge in [0.25, 0.3) is 10.0 Å². The summed E-state index contributed by atoms with van der Waals surface area (Å²) in [6.07, 6.45) is 7.72. The summed E-state index contributed by atoms with van der Waals surface area (Å²) < 4.78 is 27.5. The Morgan fingerprint density at radius 2 is 1.79 bits per heavy atom. The van der Waals surface area contributed by atoms with E-state index < -0.39 is 10.0 Å². The van der Waals surface area contributed by atoms with Crippen LogP contribution in [0.5, 0.6) is 0 Å². The second-order valence-electron chi connectivity index (χ2n) is 6.28. The van der Waals surface area contributed by atoms with E-state index in [1.807, 2.05) is 12.1 Å². The van der Waals surface area contributed by atoms with Crippen molar-refractivity contribution in [3.8, 4) is 0 Å². The van der Waals surface area contributed by atoms with Gasteiger partial charge in [0.05, 0.1) is 16.8 Å². The van der Waals surface area contributed by atoms with E-state index in [1.54, 1.807) is 37.4 Å². The zero-order valence-corrected chi connectivity index (χ0v) is 14.6. The molecule has 0 bridgehead atoms. The molecule has 128 valence electrons. The van der Waals surface area contributed by atoms with Crippen molar-refractivity contribution in [2.75, 3.05) is 10.0 Å². The molecule has 0 radical (unpaired) electrons. The molecule has 1 aliphatic carbocycles. The number of hydrogen-bond donors (Lipinski definition) is 2. The molecule has 1 aromatic carbocycles. The molecule has 1 aromatic heterocycles. The van der Waals surface area contributed by atoms with Gasteiger partial charge in [-0.1, -0.05) is 37.5 Å². The van der Waals surface area contributed by atoms with Crippen molar-refractivity contribution in [1.82, 2.24) is 4.98 Å². The van der Waals surface area contributed by atoms with E-state index >= 15 is 0 Å². The summed E-state index contributed by atoms with van der Waals surface area (Å²) in [6.45, 7) is 1.78. The molecule has 5 nitrogen and oxygen atoms in total. The van der Waals surface area contributed by atoms with Crippen LogP contribution < -0.4 is 10.0 Å². The predicted octanol–water partition coefficient (Wildman–Crippen LogP) is 3.94. The molecule has 6 heteroatoms. The zero-order chi connectivity index (χ0) is 17.0. The van der Waals surface area contributed by atoms with Crippen LogP contribution in [-0.2, 0) is 10.0 Å². The van der Waals surface area contributed by atoms with E-state index in [0.29, 0.717) is 17.3 Å². The SMILES string of the molecule is Cc1ccccc1S(=O)(=O)Nc1ccc(NC2CCCCC2)nc1. The highest BCUT2D eigenvalue weighted by molar-refractivity contribution is 7.92. The summed E-state index contributed by atoms with van der Waals surface area (Å²) in [5, 5.41) is 3.42. The van der Waals surface area contributed by atoms with Crippen molar-refractivity contribution in [1.29, 1.82) is 0 Å². The van der Waals surface area contributed by atoms with Crippen molar-refractivity contribution in [3.05, 3.63) is 48.2 Å². The summed E-state index contributed by atoms with van der Waals surface area (Å²) >= 11 is 0. The number of aromatic nitrogens is 1. The molecular formula is C18H23N3O2S. The largest absolute Gasteiger partial charge is 0.367 e. The van der Waals surface area contributed by atoms with Gasteiger partial charge in [0, 0.05) is 6.04 Å². The molecule has 0 spiro atoms. The number of nitrogens with zero attached hydrogens (tertiary/aromatic N) is 1. The predicted molar refractivity (Wildman–Crippen MR) is 96.7 cm³/mol. The number of rotatable bonds is 5. The first-order chi connectivity index (χ1) is 11.5. The van der Waals surface area contributed by atoms with E-state index in [1.165, 1.54) is 32.1 Å². The lowest BCUT2D eigenvalue weighted by atomic mass is 9.95. The van der Waals surface area contributed by atoms with E-state index in [4.69, 9.17) is 0 Å². The fraction of sp³-hybridized carbons (Fsp3) is 0.389. The number of aryl methyl sites for hydroxylation is 1. The van der Waals surface area contributed by atoms with Gasteiger partial charge >= 0.3 is 0 Å². The highest BCUT2D eigenvalue weighted by Crippen LogP contribution is 2.22. The van der Waals surface area contributed by atoms with Gasteiger partial charge in [-0.3, -0.25) is 4.72 Å². The smallest absolute Gasteiger partial charge is 0.262 e. The average molecular weight is 345 g/mol.